The molecular formula is C45H44N2O2. The molecule has 0 heterocycles. The summed E-state index contributed by atoms with van der Waals surface area (Å²) in [6.07, 6.45) is 1.99. The van der Waals surface area contributed by atoms with E-state index in [0.717, 1.165) is 69.6 Å². The van der Waals surface area contributed by atoms with Crippen molar-refractivity contribution in [1.82, 2.24) is 0 Å². The van der Waals surface area contributed by atoms with Gasteiger partial charge in [-0.25, -0.2) is 0 Å². The third-order valence-electron chi connectivity index (χ3n) is 10.4. The number of nitrogens with zero attached hydrogens (tertiary/aromatic N) is 2. The number of aryl methyl sites for hydroxylation is 2. The lowest BCUT2D eigenvalue weighted by Gasteiger charge is -2.33. The van der Waals surface area contributed by atoms with Gasteiger partial charge >= 0.3 is 0 Å². The maximum Gasteiger partial charge on any atom is 0.119 e. The van der Waals surface area contributed by atoms with E-state index in [-0.39, 0.29) is 5.41 Å². The number of fused-ring (bicyclic) bond motifs is 3. The molecule has 0 bridgehead atoms. The van der Waals surface area contributed by atoms with Crippen molar-refractivity contribution in [2.45, 2.75) is 46.0 Å². The van der Waals surface area contributed by atoms with Gasteiger partial charge in [-0.1, -0.05) is 62.4 Å². The Bertz CT molecular complexity index is 1950. The summed E-state index contributed by atoms with van der Waals surface area (Å²) >= 11 is 0. The molecule has 7 rings (SSSR count). The maximum absolute atomic E-state index is 5.57. The first-order valence-corrected chi connectivity index (χ1v) is 17.2. The van der Waals surface area contributed by atoms with Crippen LogP contribution in [0.4, 0.5) is 34.1 Å². The van der Waals surface area contributed by atoms with Crippen LogP contribution >= 0.6 is 0 Å². The van der Waals surface area contributed by atoms with E-state index in [1.54, 1.807) is 14.2 Å². The van der Waals surface area contributed by atoms with Crippen LogP contribution in [0.5, 0.6) is 11.5 Å². The number of benzene rings is 6. The molecule has 0 N–H and O–H groups in total. The van der Waals surface area contributed by atoms with Crippen LogP contribution in [0.1, 0.15) is 48.9 Å². The summed E-state index contributed by atoms with van der Waals surface area (Å²) in [5, 5.41) is 0. The van der Waals surface area contributed by atoms with E-state index in [1.807, 2.05) is 0 Å². The van der Waals surface area contributed by atoms with Gasteiger partial charge < -0.3 is 19.3 Å². The van der Waals surface area contributed by atoms with Gasteiger partial charge in [0.15, 0.2) is 0 Å². The molecule has 1 aliphatic carbocycles. The highest BCUT2D eigenvalue weighted by Crippen LogP contribution is 2.55. The van der Waals surface area contributed by atoms with Crippen LogP contribution in [0.15, 0.2) is 133 Å². The Kier molecular flexibility index (Phi) is 8.64. The van der Waals surface area contributed by atoms with Crippen molar-refractivity contribution in [2.24, 2.45) is 0 Å². The molecule has 0 unspecified atom stereocenters. The molecule has 1 aliphatic rings. The van der Waals surface area contributed by atoms with Crippen molar-refractivity contribution >= 4 is 34.1 Å². The maximum atomic E-state index is 5.57. The Balaban J connectivity index is 1.39. The fraction of sp³-hybridized carbons (Fsp3) is 0.200. The normalized spacial score (nSPS) is 12.6. The lowest BCUT2D eigenvalue weighted by molar-refractivity contribution is 0.414. The lowest BCUT2D eigenvalue weighted by atomic mass is 9.73. The summed E-state index contributed by atoms with van der Waals surface area (Å²) < 4.78 is 11.1. The molecule has 0 atom stereocenters. The van der Waals surface area contributed by atoms with Crippen molar-refractivity contribution in [3.05, 3.63) is 156 Å². The fourth-order valence-electron chi connectivity index (χ4n) is 7.78. The molecule has 246 valence electrons. The van der Waals surface area contributed by atoms with Gasteiger partial charge in [-0.3, -0.25) is 0 Å². The van der Waals surface area contributed by atoms with Gasteiger partial charge in [0.25, 0.3) is 0 Å². The SMILES string of the molecule is CCC1(CC)c2cc(N(c3ccccc3)c3ccc(OC)cc3C)ccc2-c2ccc(N(c3ccccc3)c3ccc(OC)cc3C)cc21. The fourth-order valence-corrected chi connectivity index (χ4v) is 7.78. The van der Waals surface area contributed by atoms with Crippen LogP contribution in [0.3, 0.4) is 0 Å². The standard InChI is InChI=1S/C45H44N2O2/c1-7-45(8-2)41-29-35(46(33-15-11-9-12-16-33)43-25-21-37(48-5)27-31(43)3)19-23-39(41)40-24-20-36(30-42(40)45)47(34-17-13-10-14-18-34)44-26-22-38(49-6)28-32(44)4/h9-30H,7-8H2,1-6H3. The number of hydrogen-bond acceptors (Lipinski definition) is 4. The van der Waals surface area contributed by atoms with Gasteiger partial charge in [-0.15, -0.1) is 0 Å². The highest BCUT2D eigenvalue weighted by atomic mass is 16.5. The molecule has 4 heteroatoms. The second kappa shape index (κ2) is 13.2. The zero-order chi connectivity index (χ0) is 34.1. The van der Waals surface area contributed by atoms with Crippen molar-refractivity contribution in [2.75, 3.05) is 24.0 Å². The van der Waals surface area contributed by atoms with Crippen molar-refractivity contribution in [1.29, 1.82) is 0 Å². The molecule has 0 saturated heterocycles. The van der Waals surface area contributed by atoms with Crippen LogP contribution in [0.25, 0.3) is 11.1 Å². The number of ether oxygens (including phenoxy) is 2. The first-order valence-electron chi connectivity index (χ1n) is 17.2. The van der Waals surface area contributed by atoms with Gasteiger partial charge in [-0.05, 0) is 145 Å². The Hall–Kier alpha value is -5.48. The summed E-state index contributed by atoms with van der Waals surface area (Å²) in [4.78, 5) is 4.76. The first kappa shape index (κ1) is 32.1. The summed E-state index contributed by atoms with van der Waals surface area (Å²) in [7, 11) is 3.44. The molecule has 6 aromatic rings. The van der Waals surface area contributed by atoms with E-state index in [2.05, 4.69) is 171 Å². The van der Waals surface area contributed by atoms with Crippen LogP contribution in [-0.2, 0) is 5.41 Å². The highest BCUT2D eigenvalue weighted by molar-refractivity contribution is 5.89. The Labute approximate surface area is 291 Å². The zero-order valence-electron chi connectivity index (χ0n) is 29.3. The summed E-state index contributed by atoms with van der Waals surface area (Å²) in [5.41, 5.74) is 14.4. The Morgan fingerprint density at radius 1 is 0.469 bits per heavy atom. The minimum absolute atomic E-state index is 0.134. The van der Waals surface area contributed by atoms with Gasteiger partial charge in [-0.2, -0.15) is 0 Å². The number of anilines is 6. The molecular weight excluding hydrogens is 601 g/mol. The van der Waals surface area contributed by atoms with Gasteiger partial charge in [0, 0.05) is 39.5 Å². The Morgan fingerprint density at radius 2 is 0.878 bits per heavy atom. The van der Waals surface area contributed by atoms with E-state index in [4.69, 9.17) is 9.47 Å². The molecule has 0 radical (unpaired) electrons. The minimum atomic E-state index is -0.134. The van der Waals surface area contributed by atoms with Gasteiger partial charge in [0.1, 0.15) is 11.5 Å². The molecule has 4 nitrogen and oxygen atoms in total. The molecule has 0 fully saturated rings. The Morgan fingerprint density at radius 3 is 1.22 bits per heavy atom. The predicted molar refractivity (Wildman–Crippen MR) is 205 cm³/mol. The topological polar surface area (TPSA) is 24.9 Å². The summed E-state index contributed by atoms with van der Waals surface area (Å²) in [6, 6.07) is 48.1. The smallest absolute Gasteiger partial charge is 0.119 e. The number of rotatable bonds is 10. The zero-order valence-corrected chi connectivity index (χ0v) is 29.3. The van der Waals surface area contributed by atoms with Crippen molar-refractivity contribution in [3.63, 3.8) is 0 Å². The molecule has 0 amide bonds. The number of hydrogen-bond donors (Lipinski definition) is 0. The first-order chi connectivity index (χ1) is 23.9. The van der Waals surface area contributed by atoms with E-state index < -0.39 is 0 Å². The minimum Gasteiger partial charge on any atom is -0.497 e. The van der Waals surface area contributed by atoms with E-state index in [9.17, 15) is 0 Å². The number of para-hydroxylation sites is 2. The third kappa shape index (κ3) is 5.51. The van der Waals surface area contributed by atoms with Crippen molar-refractivity contribution < 1.29 is 9.47 Å². The second-order valence-electron chi connectivity index (χ2n) is 12.9. The molecule has 6 aromatic carbocycles. The van der Waals surface area contributed by atoms with E-state index in [0.29, 0.717) is 0 Å². The van der Waals surface area contributed by atoms with Crippen molar-refractivity contribution in [3.8, 4) is 22.6 Å². The molecule has 0 aliphatic heterocycles. The second-order valence-corrected chi connectivity index (χ2v) is 12.9. The van der Waals surface area contributed by atoms with E-state index in [1.165, 1.54) is 22.3 Å². The monoisotopic (exact) mass is 644 g/mol. The third-order valence-corrected chi connectivity index (χ3v) is 10.4. The molecule has 0 aromatic heterocycles. The van der Waals surface area contributed by atoms with Crippen LogP contribution in [-0.4, -0.2) is 14.2 Å². The largest absolute Gasteiger partial charge is 0.497 e. The average Bonchev–Trinajstić information content (AvgIpc) is 3.42. The number of methoxy groups -OCH3 is 2. The predicted octanol–water partition coefficient (Wildman–Crippen LogP) is 12.3. The van der Waals surface area contributed by atoms with Crippen LogP contribution in [0.2, 0.25) is 0 Å². The van der Waals surface area contributed by atoms with Crippen LogP contribution in [0, 0.1) is 13.8 Å². The average molecular weight is 645 g/mol. The van der Waals surface area contributed by atoms with Gasteiger partial charge in [0.05, 0.1) is 14.2 Å². The molecule has 49 heavy (non-hydrogen) atoms. The molecule has 0 spiro atoms. The van der Waals surface area contributed by atoms with Crippen LogP contribution < -0.4 is 19.3 Å². The summed E-state index contributed by atoms with van der Waals surface area (Å²) in [5.74, 6) is 1.72. The molecule has 0 saturated carbocycles. The highest BCUT2D eigenvalue weighted by Gasteiger charge is 2.41. The quantitative estimate of drug-likeness (QED) is 0.148. The van der Waals surface area contributed by atoms with Gasteiger partial charge in [0.2, 0.25) is 0 Å². The lowest BCUT2D eigenvalue weighted by Crippen LogP contribution is -2.24. The van der Waals surface area contributed by atoms with E-state index >= 15 is 0 Å². The summed E-state index contributed by atoms with van der Waals surface area (Å²) in [6.45, 7) is 8.99.